The molecule has 0 saturated carbocycles. The standard InChI is InChI=1S/C14H8ClF3N4O2/c15-5-1-2-8(23)6(3-5)9-7(4-19)12(20)24-13-10(9)11(21-22-13)14(16,17)18/h1-3,9,23H,20H2,(H,21,22). The molecule has 0 fully saturated rings. The van der Waals surface area contributed by atoms with Gasteiger partial charge in [-0.05, 0) is 18.2 Å². The third-order valence-electron chi connectivity index (χ3n) is 3.52. The number of nitrogens with zero attached hydrogens (tertiary/aromatic N) is 2. The lowest BCUT2D eigenvalue weighted by atomic mass is 9.83. The van der Waals surface area contributed by atoms with E-state index < -0.39 is 35.1 Å². The molecule has 0 amide bonds. The third kappa shape index (κ3) is 2.41. The van der Waals surface area contributed by atoms with Gasteiger partial charge in [-0.1, -0.05) is 11.6 Å². The quantitative estimate of drug-likeness (QED) is 0.728. The van der Waals surface area contributed by atoms with E-state index in [2.05, 4.69) is 5.10 Å². The third-order valence-corrected chi connectivity index (χ3v) is 3.76. The number of fused-ring (bicyclic) bond motifs is 1. The zero-order valence-electron chi connectivity index (χ0n) is 11.6. The van der Waals surface area contributed by atoms with E-state index in [0.717, 1.165) is 0 Å². The first-order valence-corrected chi connectivity index (χ1v) is 6.83. The monoisotopic (exact) mass is 356 g/mol. The molecule has 1 aliphatic heterocycles. The maximum Gasteiger partial charge on any atom is 0.433 e. The molecule has 24 heavy (non-hydrogen) atoms. The summed E-state index contributed by atoms with van der Waals surface area (Å²) in [7, 11) is 0. The Morgan fingerprint density at radius 2 is 2.12 bits per heavy atom. The molecule has 0 aliphatic carbocycles. The summed E-state index contributed by atoms with van der Waals surface area (Å²) in [6, 6.07) is 5.56. The Bertz CT molecular complexity index is 898. The summed E-state index contributed by atoms with van der Waals surface area (Å²) in [6.45, 7) is 0. The van der Waals surface area contributed by atoms with Crippen LogP contribution in [0.15, 0.2) is 29.7 Å². The number of H-pyrrole nitrogens is 1. The predicted molar refractivity (Wildman–Crippen MR) is 76.0 cm³/mol. The van der Waals surface area contributed by atoms with Crippen LogP contribution in [0.2, 0.25) is 5.02 Å². The minimum Gasteiger partial charge on any atom is -0.508 e. The average Bonchev–Trinajstić information content (AvgIpc) is 2.91. The van der Waals surface area contributed by atoms with E-state index in [1.807, 2.05) is 5.10 Å². The lowest BCUT2D eigenvalue weighted by Gasteiger charge is -2.25. The Labute approximate surface area is 137 Å². The predicted octanol–water partition coefficient (Wildman–Crippen LogP) is 3.01. The second kappa shape index (κ2) is 5.35. The smallest absolute Gasteiger partial charge is 0.433 e. The zero-order valence-corrected chi connectivity index (χ0v) is 12.4. The molecule has 4 N–H and O–H groups in total. The summed E-state index contributed by atoms with van der Waals surface area (Å²) in [5, 5.41) is 24.9. The lowest BCUT2D eigenvalue weighted by molar-refractivity contribution is -0.141. The van der Waals surface area contributed by atoms with Crippen molar-refractivity contribution >= 4 is 11.6 Å². The molecule has 3 rings (SSSR count). The van der Waals surface area contributed by atoms with E-state index in [9.17, 15) is 23.5 Å². The van der Waals surface area contributed by atoms with Crippen LogP contribution in [0.4, 0.5) is 13.2 Å². The number of alkyl halides is 3. The molecule has 1 aromatic carbocycles. The minimum atomic E-state index is -4.77. The van der Waals surface area contributed by atoms with Gasteiger partial charge in [0.05, 0.1) is 11.5 Å². The van der Waals surface area contributed by atoms with Crippen molar-refractivity contribution in [3.63, 3.8) is 0 Å². The van der Waals surface area contributed by atoms with E-state index in [1.165, 1.54) is 18.2 Å². The number of ether oxygens (including phenoxy) is 1. The number of nitrogens with two attached hydrogens (primary N) is 1. The van der Waals surface area contributed by atoms with Crippen molar-refractivity contribution in [2.75, 3.05) is 0 Å². The van der Waals surface area contributed by atoms with E-state index in [-0.39, 0.29) is 21.9 Å². The number of rotatable bonds is 1. The highest BCUT2D eigenvalue weighted by atomic mass is 35.5. The minimum absolute atomic E-state index is 0.0153. The van der Waals surface area contributed by atoms with Gasteiger partial charge in [0.1, 0.15) is 23.1 Å². The van der Waals surface area contributed by atoms with Crippen LogP contribution in [-0.4, -0.2) is 15.3 Å². The van der Waals surface area contributed by atoms with Crippen molar-refractivity contribution in [1.29, 1.82) is 5.26 Å². The first kappa shape index (κ1) is 16.0. The Kier molecular flexibility index (Phi) is 3.57. The molecule has 0 radical (unpaired) electrons. The van der Waals surface area contributed by atoms with Gasteiger partial charge in [-0.3, -0.25) is 5.10 Å². The van der Waals surface area contributed by atoms with Gasteiger partial charge < -0.3 is 15.6 Å². The maximum absolute atomic E-state index is 13.3. The molecule has 2 heterocycles. The number of nitriles is 1. The zero-order chi connectivity index (χ0) is 17.6. The van der Waals surface area contributed by atoms with Crippen molar-refractivity contribution in [2.24, 2.45) is 5.73 Å². The van der Waals surface area contributed by atoms with E-state index >= 15 is 0 Å². The normalized spacial score (nSPS) is 17.2. The second-order valence-corrected chi connectivity index (χ2v) is 5.38. The van der Waals surface area contributed by atoms with Crippen LogP contribution in [0, 0.1) is 11.3 Å². The summed E-state index contributed by atoms with van der Waals surface area (Å²) >= 11 is 5.88. The molecule has 1 aromatic heterocycles. The van der Waals surface area contributed by atoms with Crippen LogP contribution < -0.4 is 10.5 Å². The molecule has 6 nitrogen and oxygen atoms in total. The molecule has 1 aliphatic rings. The van der Waals surface area contributed by atoms with Crippen LogP contribution in [-0.2, 0) is 6.18 Å². The van der Waals surface area contributed by atoms with Gasteiger partial charge in [0.2, 0.25) is 11.8 Å². The highest BCUT2D eigenvalue weighted by molar-refractivity contribution is 6.30. The van der Waals surface area contributed by atoms with Crippen LogP contribution >= 0.6 is 11.6 Å². The van der Waals surface area contributed by atoms with Crippen LogP contribution in [0.25, 0.3) is 0 Å². The Morgan fingerprint density at radius 1 is 1.42 bits per heavy atom. The fraction of sp³-hybridized carbons (Fsp3) is 0.143. The number of phenolic OH excluding ortho intramolecular Hbond substituents is 1. The fourth-order valence-electron chi connectivity index (χ4n) is 2.53. The van der Waals surface area contributed by atoms with Gasteiger partial charge in [-0.25, -0.2) is 0 Å². The highest BCUT2D eigenvalue weighted by Crippen LogP contribution is 2.48. The van der Waals surface area contributed by atoms with Gasteiger partial charge in [-0.15, -0.1) is 5.10 Å². The van der Waals surface area contributed by atoms with Crippen molar-refractivity contribution in [3.05, 3.63) is 51.5 Å². The van der Waals surface area contributed by atoms with E-state index in [0.29, 0.717) is 0 Å². The summed E-state index contributed by atoms with van der Waals surface area (Å²) in [5.41, 5.74) is 3.69. The number of aromatic amines is 1. The maximum atomic E-state index is 13.3. The van der Waals surface area contributed by atoms with E-state index in [4.69, 9.17) is 22.1 Å². The van der Waals surface area contributed by atoms with E-state index in [1.54, 1.807) is 6.07 Å². The summed E-state index contributed by atoms with van der Waals surface area (Å²) in [4.78, 5) is 0. The van der Waals surface area contributed by atoms with Gasteiger partial charge in [0, 0.05) is 10.6 Å². The van der Waals surface area contributed by atoms with Gasteiger partial charge >= 0.3 is 6.18 Å². The number of phenols is 1. The number of aromatic hydroxyl groups is 1. The number of halogens is 4. The van der Waals surface area contributed by atoms with Gasteiger partial charge in [0.25, 0.3) is 0 Å². The molecule has 124 valence electrons. The fourth-order valence-corrected chi connectivity index (χ4v) is 2.71. The van der Waals surface area contributed by atoms with Crippen molar-refractivity contribution in [2.45, 2.75) is 12.1 Å². The van der Waals surface area contributed by atoms with Crippen molar-refractivity contribution in [3.8, 4) is 17.7 Å². The number of aromatic nitrogens is 2. The van der Waals surface area contributed by atoms with Crippen LogP contribution in [0.3, 0.4) is 0 Å². The summed E-state index contributed by atoms with van der Waals surface area (Å²) in [6.07, 6.45) is -4.77. The van der Waals surface area contributed by atoms with Crippen LogP contribution in [0.5, 0.6) is 11.6 Å². The number of hydrogen-bond acceptors (Lipinski definition) is 5. The molecule has 1 unspecified atom stereocenters. The summed E-state index contributed by atoms with van der Waals surface area (Å²) in [5.74, 6) is -2.47. The molecule has 1 atom stereocenters. The first-order valence-electron chi connectivity index (χ1n) is 6.45. The molecular formula is C14H8ClF3N4O2. The highest BCUT2D eigenvalue weighted by Gasteiger charge is 2.45. The lowest BCUT2D eigenvalue weighted by Crippen LogP contribution is -2.23. The van der Waals surface area contributed by atoms with Crippen molar-refractivity contribution < 1.29 is 23.0 Å². The molecule has 2 aromatic rings. The molecule has 10 heteroatoms. The number of nitrogens with one attached hydrogen (secondary N) is 1. The average molecular weight is 357 g/mol. The van der Waals surface area contributed by atoms with Crippen LogP contribution in [0.1, 0.15) is 22.7 Å². The largest absolute Gasteiger partial charge is 0.508 e. The summed E-state index contributed by atoms with van der Waals surface area (Å²) < 4.78 is 44.8. The molecule has 0 bridgehead atoms. The van der Waals surface area contributed by atoms with Crippen molar-refractivity contribution in [1.82, 2.24) is 10.2 Å². The number of allylic oxidation sites excluding steroid dienone is 1. The Balaban J connectivity index is 2.33. The number of hydrogen-bond donors (Lipinski definition) is 3. The Hall–Kier alpha value is -2.86. The SMILES string of the molecule is N#CC1=C(N)Oc2n[nH]c(C(F)(F)F)c2C1c1cc(Cl)ccc1O. The number of benzene rings is 1. The molecule has 0 saturated heterocycles. The molecule has 0 spiro atoms. The molecular weight excluding hydrogens is 349 g/mol. The Morgan fingerprint density at radius 3 is 2.75 bits per heavy atom. The topological polar surface area (TPSA) is 108 Å². The first-order chi connectivity index (χ1) is 11.2. The van der Waals surface area contributed by atoms with Gasteiger partial charge in [0.15, 0.2) is 0 Å². The second-order valence-electron chi connectivity index (χ2n) is 4.94. The van der Waals surface area contributed by atoms with Gasteiger partial charge in [-0.2, -0.15) is 18.4 Å².